The number of hydrogen-bond acceptors (Lipinski definition) is 5. The molecule has 5 rings (SSSR count). The smallest absolute Gasteiger partial charge is 0.264 e. The quantitative estimate of drug-likeness (QED) is 0.139. The van der Waals surface area contributed by atoms with Crippen LogP contribution >= 0.6 is 15.9 Å². The number of carbonyl (C=O) groups is 2. The first-order valence-electron chi connectivity index (χ1n) is 15.4. The number of benzene rings is 5. The molecule has 0 radical (unpaired) electrons. The van der Waals surface area contributed by atoms with Gasteiger partial charge in [-0.3, -0.25) is 13.9 Å². The van der Waals surface area contributed by atoms with Gasteiger partial charge in [-0.2, -0.15) is 0 Å². The molecule has 10 heteroatoms. The number of ether oxygens (including phenoxy) is 1. The molecule has 0 unspecified atom stereocenters. The first-order chi connectivity index (χ1) is 23.1. The van der Waals surface area contributed by atoms with Crippen LogP contribution in [-0.2, 0) is 32.6 Å². The molecule has 2 amide bonds. The minimum absolute atomic E-state index is 0.0390. The second-order valence-electron chi connectivity index (χ2n) is 11.2. The Kier molecular flexibility index (Phi) is 11.3. The van der Waals surface area contributed by atoms with Gasteiger partial charge in [0.15, 0.2) is 0 Å². The van der Waals surface area contributed by atoms with Crippen molar-refractivity contribution in [2.75, 3.05) is 17.9 Å². The summed E-state index contributed by atoms with van der Waals surface area (Å²) in [7, 11) is -2.70. The minimum atomic E-state index is -4.22. The average Bonchev–Trinajstić information content (AvgIpc) is 3.10. The number of hydrogen-bond donors (Lipinski definition) is 1. The van der Waals surface area contributed by atoms with E-state index in [-0.39, 0.29) is 29.5 Å². The molecule has 0 saturated heterocycles. The Morgan fingerprint density at radius 3 is 1.94 bits per heavy atom. The number of para-hydroxylation sites is 1. The SMILES string of the molecule is CNC(=O)[C@H](Cc1ccccc1)N(Cc1ccc(Br)cc1)C(=O)CN(c1ccc(Oc2ccccc2)cc1)S(=O)(=O)c1ccc(C)cc1. The summed E-state index contributed by atoms with van der Waals surface area (Å²) in [5.41, 5.74) is 2.81. The first-order valence-corrected chi connectivity index (χ1v) is 17.6. The highest BCUT2D eigenvalue weighted by atomic mass is 79.9. The van der Waals surface area contributed by atoms with E-state index in [1.54, 1.807) is 36.4 Å². The fourth-order valence-electron chi connectivity index (χ4n) is 5.18. The number of nitrogens with one attached hydrogen (secondary N) is 1. The van der Waals surface area contributed by atoms with Gasteiger partial charge >= 0.3 is 0 Å². The normalized spacial score (nSPS) is 11.7. The molecule has 0 aromatic heterocycles. The summed E-state index contributed by atoms with van der Waals surface area (Å²) in [5, 5.41) is 2.70. The summed E-state index contributed by atoms with van der Waals surface area (Å²) in [4.78, 5) is 29.4. The zero-order valence-electron chi connectivity index (χ0n) is 26.6. The number of nitrogens with zero attached hydrogens (tertiary/aromatic N) is 2. The Hall–Kier alpha value is -4.93. The lowest BCUT2D eigenvalue weighted by atomic mass is 10.0. The van der Waals surface area contributed by atoms with Crippen LogP contribution in [0.2, 0.25) is 0 Å². The molecule has 1 atom stereocenters. The van der Waals surface area contributed by atoms with Gasteiger partial charge in [-0.25, -0.2) is 8.42 Å². The third kappa shape index (κ3) is 8.70. The molecule has 8 nitrogen and oxygen atoms in total. The highest BCUT2D eigenvalue weighted by Gasteiger charge is 2.34. The van der Waals surface area contributed by atoms with Crippen molar-refractivity contribution in [1.29, 1.82) is 0 Å². The monoisotopic (exact) mass is 725 g/mol. The zero-order valence-corrected chi connectivity index (χ0v) is 29.0. The number of amides is 2. The third-order valence-electron chi connectivity index (χ3n) is 7.78. The van der Waals surface area contributed by atoms with Crippen LogP contribution in [0.5, 0.6) is 11.5 Å². The number of sulfonamides is 1. The fraction of sp³-hybridized carbons (Fsp3) is 0.158. The molecule has 0 bridgehead atoms. The van der Waals surface area contributed by atoms with Crippen LogP contribution in [0.25, 0.3) is 0 Å². The van der Waals surface area contributed by atoms with Crippen LogP contribution in [0, 0.1) is 6.92 Å². The van der Waals surface area contributed by atoms with Crippen LogP contribution in [0.1, 0.15) is 16.7 Å². The van der Waals surface area contributed by atoms with E-state index in [2.05, 4.69) is 21.2 Å². The lowest BCUT2D eigenvalue weighted by Crippen LogP contribution is -2.53. The molecule has 0 aliphatic heterocycles. The van der Waals surface area contributed by atoms with Crippen molar-refractivity contribution in [2.45, 2.75) is 30.8 Å². The number of likely N-dealkylation sites (N-methyl/N-ethyl adjacent to an activating group) is 1. The average molecular weight is 727 g/mol. The minimum Gasteiger partial charge on any atom is -0.457 e. The molecule has 0 heterocycles. The number of halogens is 1. The third-order valence-corrected chi connectivity index (χ3v) is 10.1. The van der Waals surface area contributed by atoms with Crippen LogP contribution in [0.3, 0.4) is 0 Å². The number of aryl methyl sites for hydroxylation is 1. The van der Waals surface area contributed by atoms with Crippen LogP contribution in [0.15, 0.2) is 143 Å². The van der Waals surface area contributed by atoms with E-state index >= 15 is 0 Å². The van der Waals surface area contributed by atoms with Gasteiger partial charge in [0.05, 0.1) is 10.6 Å². The summed E-state index contributed by atoms with van der Waals surface area (Å²) in [6.07, 6.45) is 0.235. The Balaban J connectivity index is 1.54. The lowest BCUT2D eigenvalue weighted by molar-refractivity contribution is -0.139. The van der Waals surface area contributed by atoms with Gasteiger partial charge in [0.1, 0.15) is 24.1 Å². The van der Waals surface area contributed by atoms with E-state index in [1.165, 1.54) is 24.1 Å². The number of carbonyl (C=O) groups excluding carboxylic acids is 2. The molecular formula is C38H36BrN3O5S. The van der Waals surface area contributed by atoms with Crippen LogP contribution in [-0.4, -0.2) is 44.8 Å². The predicted molar refractivity (Wildman–Crippen MR) is 191 cm³/mol. The lowest BCUT2D eigenvalue weighted by Gasteiger charge is -2.33. The van der Waals surface area contributed by atoms with E-state index in [0.717, 1.165) is 25.5 Å². The molecular weight excluding hydrogens is 690 g/mol. The van der Waals surface area contributed by atoms with E-state index in [4.69, 9.17) is 4.74 Å². The molecule has 246 valence electrons. The van der Waals surface area contributed by atoms with Gasteiger partial charge in [-0.15, -0.1) is 0 Å². The second-order valence-corrected chi connectivity index (χ2v) is 14.0. The largest absolute Gasteiger partial charge is 0.457 e. The van der Waals surface area contributed by atoms with Crippen LogP contribution < -0.4 is 14.4 Å². The van der Waals surface area contributed by atoms with Crippen molar-refractivity contribution >= 4 is 43.5 Å². The van der Waals surface area contributed by atoms with E-state index in [0.29, 0.717) is 11.5 Å². The fourth-order valence-corrected chi connectivity index (χ4v) is 6.86. The van der Waals surface area contributed by atoms with Crippen molar-refractivity contribution < 1.29 is 22.7 Å². The van der Waals surface area contributed by atoms with E-state index in [1.807, 2.05) is 91.9 Å². The Morgan fingerprint density at radius 1 is 0.750 bits per heavy atom. The topological polar surface area (TPSA) is 96.0 Å². The molecule has 5 aromatic carbocycles. The highest BCUT2D eigenvalue weighted by Crippen LogP contribution is 2.29. The van der Waals surface area contributed by atoms with Crippen molar-refractivity contribution in [3.05, 3.63) is 155 Å². The van der Waals surface area contributed by atoms with Gasteiger partial charge in [0.2, 0.25) is 11.8 Å². The summed E-state index contributed by atoms with van der Waals surface area (Å²) in [6, 6.07) is 38.2. The molecule has 0 aliphatic carbocycles. The molecule has 0 fully saturated rings. The number of anilines is 1. The highest BCUT2D eigenvalue weighted by molar-refractivity contribution is 9.10. The molecule has 0 aliphatic rings. The zero-order chi connectivity index (χ0) is 34.1. The Morgan fingerprint density at radius 2 is 1.33 bits per heavy atom. The Bertz CT molecular complexity index is 1920. The Labute approximate surface area is 290 Å². The van der Waals surface area contributed by atoms with Crippen molar-refractivity contribution in [3.8, 4) is 11.5 Å². The summed E-state index contributed by atoms with van der Waals surface area (Å²) < 4.78 is 36.4. The second kappa shape index (κ2) is 15.8. The van der Waals surface area contributed by atoms with E-state index < -0.39 is 28.5 Å². The number of rotatable bonds is 13. The van der Waals surface area contributed by atoms with Crippen LogP contribution in [0.4, 0.5) is 5.69 Å². The molecule has 5 aromatic rings. The standard InChI is InChI=1S/C38H36BrN3O5S/c1-28-13-23-35(24-14-28)48(45,46)42(32-19-21-34(22-20-32)47-33-11-7-4-8-12-33)27-37(43)41(26-30-15-17-31(39)18-16-30)36(38(44)40-2)25-29-9-5-3-6-10-29/h3-24,36H,25-27H2,1-2H3,(H,40,44)/t36-/m0/s1. The van der Waals surface area contributed by atoms with Gasteiger partial charge in [0, 0.05) is 24.5 Å². The van der Waals surface area contributed by atoms with Gasteiger partial charge in [-0.05, 0) is 78.7 Å². The first kappa shape index (κ1) is 34.4. The summed E-state index contributed by atoms with van der Waals surface area (Å²) in [5.74, 6) is 0.234. The van der Waals surface area contributed by atoms with Crippen molar-refractivity contribution in [1.82, 2.24) is 10.2 Å². The summed E-state index contributed by atoms with van der Waals surface area (Å²) >= 11 is 3.45. The van der Waals surface area contributed by atoms with Crippen molar-refractivity contribution in [3.63, 3.8) is 0 Å². The van der Waals surface area contributed by atoms with Gasteiger partial charge in [0.25, 0.3) is 10.0 Å². The summed E-state index contributed by atoms with van der Waals surface area (Å²) in [6.45, 7) is 1.40. The molecule has 0 saturated carbocycles. The van der Waals surface area contributed by atoms with E-state index in [9.17, 15) is 18.0 Å². The maximum Gasteiger partial charge on any atom is 0.264 e. The maximum absolute atomic E-state index is 14.5. The molecule has 0 spiro atoms. The van der Waals surface area contributed by atoms with Gasteiger partial charge in [-0.1, -0.05) is 94.3 Å². The van der Waals surface area contributed by atoms with Crippen molar-refractivity contribution in [2.24, 2.45) is 0 Å². The maximum atomic E-state index is 14.5. The predicted octanol–water partition coefficient (Wildman–Crippen LogP) is 7.13. The molecule has 1 N–H and O–H groups in total. The van der Waals surface area contributed by atoms with Gasteiger partial charge < -0.3 is 15.0 Å². The molecule has 48 heavy (non-hydrogen) atoms.